The number of nitrogens with zero attached hydrogens (tertiary/aromatic N) is 5. The number of hydrogen-bond acceptors (Lipinski definition) is 5. The van der Waals surface area contributed by atoms with E-state index in [2.05, 4.69) is 36.6 Å². The van der Waals surface area contributed by atoms with Crippen molar-refractivity contribution in [1.29, 1.82) is 0 Å². The fraction of sp³-hybridized carbons (Fsp3) is 0.700. The van der Waals surface area contributed by atoms with E-state index in [0.29, 0.717) is 6.04 Å². The van der Waals surface area contributed by atoms with E-state index >= 15 is 0 Å². The van der Waals surface area contributed by atoms with E-state index in [0.717, 1.165) is 75.3 Å². The van der Waals surface area contributed by atoms with Crippen molar-refractivity contribution < 1.29 is 5.11 Å². The first-order chi connectivity index (χ1) is 12.6. The predicted octanol–water partition coefficient (Wildman–Crippen LogP) is 2.33. The van der Waals surface area contributed by atoms with Gasteiger partial charge in [0.25, 0.3) is 0 Å². The van der Waals surface area contributed by atoms with Gasteiger partial charge in [0, 0.05) is 43.0 Å². The molecule has 2 aromatic heterocycles. The Labute approximate surface area is 155 Å². The molecule has 0 saturated carbocycles. The van der Waals surface area contributed by atoms with Gasteiger partial charge in [0.05, 0.1) is 11.8 Å². The Bertz CT molecular complexity index is 778. The zero-order valence-electron chi connectivity index (χ0n) is 16.3. The first-order valence-corrected chi connectivity index (χ1v) is 10.1. The van der Waals surface area contributed by atoms with Crippen LogP contribution in [-0.4, -0.2) is 62.9 Å². The minimum atomic E-state index is -0.135. The van der Waals surface area contributed by atoms with Gasteiger partial charge in [-0.3, -0.25) is 4.90 Å². The molecule has 0 aliphatic carbocycles. The Morgan fingerprint density at radius 3 is 2.62 bits per heavy atom. The number of likely N-dealkylation sites (tertiary alicyclic amines) is 1. The van der Waals surface area contributed by atoms with Crippen LogP contribution < -0.4 is 4.90 Å². The molecule has 2 aliphatic rings. The minimum absolute atomic E-state index is 0.135. The van der Waals surface area contributed by atoms with Gasteiger partial charge in [-0.25, -0.2) is 4.98 Å². The third-order valence-corrected chi connectivity index (χ3v) is 6.19. The van der Waals surface area contributed by atoms with E-state index in [1.165, 1.54) is 11.4 Å². The van der Waals surface area contributed by atoms with Gasteiger partial charge in [0.15, 0.2) is 5.65 Å². The highest BCUT2D eigenvalue weighted by Crippen LogP contribution is 2.27. The van der Waals surface area contributed by atoms with E-state index in [1.54, 1.807) is 0 Å². The number of anilines is 1. The van der Waals surface area contributed by atoms with Crippen molar-refractivity contribution in [2.75, 3.05) is 31.1 Å². The molecule has 0 spiro atoms. The summed E-state index contributed by atoms with van der Waals surface area (Å²) in [5.41, 5.74) is 4.37. The summed E-state index contributed by atoms with van der Waals surface area (Å²) in [5, 5.41) is 14.7. The number of fused-ring (bicyclic) bond motifs is 1. The Morgan fingerprint density at radius 2 is 1.92 bits per heavy atom. The number of aryl methyl sites for hydroxylation is 3. The van der Waals surface area contributed by atoms with Crippen LogP contribution in [0, 0.1) is 13.8 Å². The molecule has 0 unspecified atom stereocenters. The van der Waals surface area contributed by atoms with Crippen molar-refractivity contribution in [3.63, 3.8) is 0 Å². The van der Waals surface area contributed by atoms with Gasteiger partial charge in [0.1, 0.15) is 5.82 Å². The second-order valence-electron chi connectivity index (χ2n) is 7.91. The van der Waals surface area contributed by atoms with Crippen molar-refractivity contribution in [3.05, 3.63) is 23.0 Å². The summed E-state index contributed by atoms with van der Waals surface area (Å²) in [4.78, 5) is 9.78. The van der Waals surface area contributed by atoms with E-state index < -0.39 is 0 Å². The predicted molar refractivity (Wildman–Crippen MR) is 104 cm³/mol. The van der Waals surface area contributed by atoms with Crippen molar-refractivity contribution in [3.8, 4) is 0 Å². The monoisotopic (exact) mass is 357 g/mol. The van der Waals surface area contributed by atoms with Gasteiger partial charge in [0.2, 0.25) is 0 Å². The van der Waals surface area contributed by atoms with Crippen LogP contribution >= 0.6 is 0 Å². The average molecular weight is 358 g/mol. The molecule has 0 bridgehead atoms. The van der Waals surface area contributed by atoms with Crippen LogP contribution in [0.25, 0.3) is 5.65 Å². The highest BCUT2D eigenvalue weighted by Gasteiger charge is 2.29. The number of aliphatic hydroxyl groups excluding tert-OH is 1. The van der Waals surface area contributed by atoms with E-state index in [1.807, 2.05) is 4.52 Å². The highest BCUT2D eigenvalue weighted by atomic mass is 16.3. The molecular weight excluding hydrogens is 326 g/mol. The van der Waals surface area contributed by atoms with Gasteiger partial charge in [-0.1, -0.05) is 6.92 Å². The zero-order valence-corrected chi connectivity index (χ0v) is 16.3. The van der Waals surface area contributed by atoms with Gasteiger partial charge in [-0.15, -0.1) is 0 Å². The molecule has 2 aromatic rings. The van der Waals surface area contributed by atoms with Crippen molar-refractivity contribution in [2.45, 2.75) is 65.0 Å². The summed E-state index contributed by atoms with van der Waals surface area (Å²) in [6, 6.07) is 2.81. The van der Waals surface area contributed by atoms with Crippen molar-refractivity contribution in [2.24, 2.45) is 0 Å². The van der Waals surface area contributed by atoms with Crippen LogP contribution in [-0.2, 0) is 6.42 Å². The van der Waals surface area contributed by atoms with E-state index in [9.17, 15) is 5.11 Å². The molecule has 2 saturated heterocycles. The maximum absolute atomic E-state index is 9.97. The molecular formula is C20H31N5O. The lowest BCUT2D eigenvalue weighted by molar-refractivity contribution is 0.0398. The Morgan fingerprint density at radius 1 is 1.15 bits per heavy atom. The molecule has 4 rings (SSSR count). The Kier molecular flexibility index (Phi) is 4.88. The first-order valence-electron chi connectivity index (χ1n) is 10.1. The van der Waals surface area contributed by atoms with Crippen LogP contribution in [0.4, 0.5) is 5.82 Å². The topological polar surface area (TPSA) is 56.9 Å². The van der Waals surface area contributed by atoms with Crippen LogP contribution in [0.2, 0.25) is 0 Å². The number of aliphatic hydroxyl groups is 1. The summed E-state index contributed by atoms with van der Waals surface area (Å²) < 4.78 is 2.04. The normalized spacial score (nSPS) is 23.1. The number of hydrogen-bond donors (Lipinski definition) is 1. The number of aromatic nitrogens is 3. The fourth-order valence-electron chi connectivity index (χ4n) is 4.44. The zero-order chi connectivity index (χ0) is 18.3. The summed E-state index contributed by atoms with van der Waals surface area (Å²) >= 11 is 0. The number of piperidine rings is 2. The minimum Gasteiger partial charge on any atom is -0.392 e. The molecule has 0 amide bonds. The molecule has 6 heteroatoms. The van der Waals surface area contributed by atoms with Gasteiger partial charge in [-0.2, -0.15) is 9.61 Å². The quantitative estimate of drug-likeness (QED) is 0.914. The SMILES string of the molecule is CCc1cc(N2CCC(N3CCC[C@H](O)C3)CC2)n2nc(C)c(C)c2n1. The largest absolute Gasteiger partial charge is 0.392 e. The third-order valence-electron chi connectivity index (χ3n) is 6.19. The fourth-order valence-corrected chi connectivity index (χ4v) is 4.44. The van der Waals surface area contributed by atoms with Crippen molar-refractivity contribution in [1.82, 2.24) is 19.5 Å². The van der Waals surface area contributed by atoms with Crippen LogP contribution in [0.3, 0.4) is 0 Å². The maximum Gasteiger partial charge on any atom is 0.160 e. The summed E-state index contributed by atoms with van der Waals surface area (Å²) in [7, 11) is 0. The third kappa shape index (κ3) is 3.21. The molecule has 1 atom stereocenters. The maximum atomic E-state index is 9.97. The lowest BCUT2D eigenvalue weighted by Crippen LogP contribution is -2.50. The van der Waals surface area contributed by atoms with Crippen LogP contribution in [0.1, 0.15) is 49.6 Å². The molecule has 0 aromatic carbocycles. The van der Waals surface area contributed by atoms with Gasteiger partial charge in [-0.05, 0) is 52.5 Å². The lowest BCUT2D eigenvalue weighted by Gasteiger charge is -2.41. The standard InChI is InChI=1S/C20H31N5O/c1-4-16-12-19(25-20(21-16)14(2)15(3)22-25)23-10-7-17(8-11-23)24-9-5-6-18(26)13-24/h12,17-18,26H,4-11,13H2,1-3H3/t18-/m0/s1. The molecule has 26 heavy (non-hydrogen) atoms. The van der Waals surface area contributed by atoms with Gasteiger partial charge >= 0.3 is 0 Å². The van der Waals surface area contributed by atoms with Crippen LogP contribution in [0.15, 0.2) is 6.07 Å². The Balaban J connectivity index is 1.55. The summed E-state index contributed by atoms with van der Waals surface area (Å²) in [5.74, 6) is 1.18. The Hall–Kier alpha value is -1.66. The second kappa shape index (κ2) is 7.16. The molecule has 4 heterocycles. The van der Waals surface area contributed by atoms with E-state index in [4.69, 9.17) is 10.1 Å². The number of β-amino-alcohol motifs (C(OH)–C–C–N with tert-alkyl or cyclic N) is 1. The number of rotatable bonds is 3. The summed E-state index contributed by atoms with van der Waals surface area (Å²) in [6.45, 7) is 10.4. The lowest BCUT2D eigenvalue weighted by atomic mass is 9.99. The molecule has 1 N–H and O–H groups in total. The van der Waals surface area contributed by atoms with Gasteiger partial charge < -0.3 is 10.0 Å². The molecule has 142 valence electrons. The highest BCUT2D eigenvalue weighted by molar-refractivity contribution is 5.57. The first kappa shape index (κ1) is 17.7. The molecule has 6 nitrogen and oxygen atoms in total. The molecule has 2 aliphatic heterocycles. The van der Waals surface area contributed by atoms with E-state index in [-0.39, 0.29) is 6.10 Å². The second-order valence-corrected chi connectivity index (χ2v) is 7.91. The van der Waals surface area contributed by atoms with Crippen LogP contribution in [0.5, 0.6) is 0 Å². The smallest absolute Gasteiger partial charge is 0.160 e. The summed E-state index contributed by atoms with van der Waals surface area (Å²) in [6.07, 6.45) is 5.19. The molecule has 2 fully saturated rings. The molecule has 0 radical (unpaired) electrons. The van der Waals surface area contributed by atoms with Crippen molar-refractivity contribution >= 4 is 11.5 Å². The average Bonchev–Trinajstić information content (AvgIpc) is 2.95.